The number of rotatable bonds is 8. The quantitative estimate of drug-likeness (QED) is 0.607. The lowest BCUT2D eigenvalue weighted by Crippen LogP contribution is -2.28. The second-order valence-electron chi connectivity index (χ2n) is 3.84. The normalized spacial score (nSPS) is 12.0. The molecule has 0 aromatic rings. The summed E-state index contributed by atoms with van der Waals surface area (Å²) < 4.78 is 16.5. The van der Waals surface area contributed by atoms with E-state index in [9.17, 15) is 0 Å². The Bertz CT molecular complexity index is 112. The highest BCUT2D eigenvalue weighted by molar-refractivity contribution is 4.57. The Balaban J connectivity index is 3.65. The standard InChI is InChI=1S/C11H24O3/c1-6-12-11(7-13-9(2)3)8-14-10(4)5/h9-11H,6-8H2,1-5H3. The number of hydrogen-bond donors (Lipinski definition) is 0. The van der Waals surface area contributed by atoms with E-state index in [4.69, 9.17) is 14.2 Å². The highest BCUT2D eigenvalue weighted by Crippen LogP contribution is 2.00. The third-order valence-corrected chi connectivity index (χ3v) is 1.63. The van der Waals surface area contributed by atoms with Crippen LogP contribution in [-0.4, -0.2) is 38.1 Å². The fraction of sp³-hybridized carbons (Fsp3) is 1.00. The summed E-state index contributed by atoms with van der Waals surface area (Å²) in [6, 6.07) is 0. The first-order valence-corrected chi connectivity index (χ1v) is 5.41. The maximum atomic E-state index is 5.49. The van der Waals surface area contributed by atoms with Gasteiger partial charge in [0.25, 0.3) is 0 Å². The van der Waals surface area contributed by atoms with E-state index in [0.717, 1.165) is 0 Å². The predicted octanol–water partition coefficient (Wildman–Crippen LogP) is 2.24. The SMILES string of the molecule is CCOC(COC(C)C)COC(C)C. The van der Waals surface area contributed by atoms with Crippen LogP contribution >= 0.6 is 0 Å². The molecule has 0 radical (unpaired) electrons. The molecule has 0 aliphatic rings. The van der Waals surface area contributed by atoms with E-state index in [1.807, 2.05) is 34.6 Å². The minimum atomic E-state index is 0.0600. The fourth-order valence-corrected chi connectivity index (χ4v) is 0.980. The van der Waals surface area contributed by atoms with Crippen LogP contribution in [0.5, 0.6) is 0 Å². The molecule has 0 aromatic heterocycles. The summed E-state index contributed by atoms with van der Waals surface area (Å²) in [7, 11) is 0. The average Bonchev–Trinajstić information content (AvgIpc) is 2.09. The molecule has 0 saturated heterocycles. The molecule has 0 unspecified atom stereocenters. The highest BCUT2D eigenvalue weighted by Gasteiger charge is 2.10. The van der Waals surface area contributed by atoms with Crippen molar-refractivity contribution in [2.24, 2.45) is 0 Å². The van der Waals surface area contributed by atoms with Gasteiger partial charge in [0.1, 0.15) is 6.10 Å². The van der Waals surface area contributed by atoms with Gasteiger partial charge in [0.05, 0.1) is 25.4 Å². The molecule has 0 rings (SSSR count). The fourth-order valence-electron chi connectivity index (χ4n) is 0.980. The van der Waals surface area contributed by atoms with Crippen molar-refractivity contribution >= 4 is 0 Å². The molecule has 0 heterocycles. The molecular weight excluding hydrogens is 180 g/mol. The minimum Gasteiger partial charge on any atom is -0.376 e. The Morgan fingerprint density at radius 3 is 1.50 bits per heavy atom. The van der Waals surface area contributed by atoms with Gasteiger partial charge in [-0.1, -0.05) is 0 Å². The maximum Gasteiger partial charge on any atom is 0.104 e. The maximum absolute atomic E-state index is 5.49. The van der Waals surface area contributed by atoms with Crippen LogP contribution in [-0.2, 0) is 14.2 Å². The first-order valence-electron chi connectivity index (χ1n) is 5.41. The van der Waals surface area contributed by atoms with Gasteiger partial charge in [-0.3, -0.25) is 0 Å². The van der Waals surface area contributed by atoms with Crippen molar-refractivity contribution in [3.8, 4) is 0 Å². The molecule has 0 aliphatic carbocycles. The molecular formula is C11H24O3. The van der Waals surface area contributed by atoms with E-state index in [1.54, 1.807) is 0 Å². The van der Waals surface area contributed by atoms with Crippen molar-refractivity contribution in [1.29, 1.82) is 0 Å². The van der Waals surface area contributed by atoms with Crippen LogP contribution in [0.3, 0.4) is 0 Å². The van der Waals surface area contributed by atoms with Gasteiger partial charge in [-0.2, -0.15) is 0 Å². The lowest BCUT2D eigenvalue weighted by molar-refractivity contribution is -0.0782. The van der Waals surface area contributed by atoms with E-state index in [0.29, 0.717) is 19.8 Å². The Hall–Kier alpha value is -0.120. The van der Waals surface area contributed by atoms with E-state index >= 15 is 0 Å². The largest absolute Gasteiger partial charge is 0.376 e. The van der Waals surface area contributed by atoms with Crippen LogP contribution in [0.25, 0.3) is 0 Å². The van der Waals surface area contributed by atoms with Crippen molar-refractivity contribution in [1.82, 2.24) is 0 Å². The Morgan fingerprint density at radius 2 is 1.21 bits per heavy atom. The van der Waals surface area contributed by atoms with Crippen molar-refractivity contribution in [3.05, 3.63) is 0 Å². The van der Waals surface area contributed by atoms with Gasteiger partial charge in [-0.05, 0) is 34.6 Å². The molecule has 0 atom stereocenters. The smallest absolute Gasteiger partial charge is 0.104 e. The lowest BCUT2D eigenvalue weighted by Gasteiger charge is -2.19. The molecule has 3 heteroatoms. The summed E-state index contributed by atoms with van der Waals surface area (Å²) >= 11 is 0. The van der Waals surface area contributed by atoms with Crippen molar-refractivity contribution in [3.63, 3.8) is 0 Å². The molecule has 0 saturated carbocycles. The van der Waals surface area contributed by atoms with E-state index < -0.39 is 0 Å². The van der Waals surface area contributed by atoms with Crippen molar-refractivity contribution < 1.29 is 14.2 Å². The summed E-state index contributed by atoms with van der Waals surface area (Å²) in [5, 5.41) is 0. The minimum absolute atomic E-state index is 0.0600. The average molecular weight is 204 g/mol. The third kappa shape index (κ3) is 8.48. The van der Waals surface area contributed by atoms with Gasteiger partial charge in [0.2, 0.25) is 0 Å². The summed E-state index contributed by atoms with van der Waals surface area (Å²) in [6.07, 6.45) is 0.554. The number of hydrogen-bond acceptors (Lipinski definition) is 3. The molecule has 0 aliphatic heterocycles. The van der Waals surface area contributed by atoms with Crippen LogP contribution in [0.2, 0.25) is 0 Å². The molecule has 3 nitrogen and oxygen atoms in total. The second-order valence-corrected chi connectivity index (χ2v) is 3.84. The topological polar surface area (TPSA) is 27.7 Å². The number of ether oxygens (including phenoxy) is 3. The zero-order chi connectivity index (χ0) is 11.0. The first-order chi connectivity index (χ1) is 6.56. The van der Waals surface area contributed by atoms with E-state index in [1.165, 1.54) is 0 Å². The molecule has 86 valence electrons. The Labute approximate surface area is 87.7 Å². The molecule has 0 fully saturated rings. The Kier molecular flexibility index (Phi) is 8.14. The summed E-state index contributed by atoms with van der Waals surface area (Å²) in [5.74, 6) is 0. The van der Waals surface area contributed by atoms with Gasteiger partial charge < -0.3 is 14.2 Å². The summed E-state index contributed by atoms with van der Waals surface area (Å²) in [6.45, 7) is 12.0. The molecule has 0 spiro atoms. The Morgan fingerprint density at radius 1 is 0.786 bits per heavy atom. The van der Waals surface area contributed by atoms with Gasteiger partial charge in [0.15, 0.2) is 0 Å². The van der Waals surface area contributed by atoms with Crippen LogP contribution in [0.4, 0.5) is 0 Å². The second kappa shape index (κ2) is 8.21. The van der Waals surface area contributed by atoms with Crippen LogP contribution in [0, 0.1) is 0 Å². The molecule has 0 N–H and O–H groups in total. The van der Waals surface area contributed by atoms with E-state index in [2.05, 4.69) is 0 Å². The van der Waals surface area contributed by atoms with Crippen LogP contribution in [0.1, 0.15) is 34.6 Å². The monoisotopic (exact) mass is 204 g/mol. The molecule has 14 heavy (non-hydrogen) atoms. The van der Waals surface area contributed by atoms with Crippen molar-refractivity contribution in [2.75, 3.05) is 19.8 Å². The van der Waals surface area contributed by atoms with Gasteiger partial charge >= 0.3 is 0 Å². The molecule has 0 aromatic carbocycles. The zero-order valence-corrected chi connectivity index (χ0v) is 10.1. The van der Waals surface area contributed by atoms with Crippen LogP contribution in [0.15, 0.2) is 0 Å². The van der Waals surface area contributed by atoms with Gasteiger partial charge in [-0.25, -0.2) is 0 Å². The lowest BCUT2D eigenvalue weighted by atomic mass is 10.3. The zero-order valence-electron chi connectivity index (χ0n) is 10.1. The predicted molar refractivity (Wildman–Crippen MR) is 57.6 cm³/mol. The third-order valence-electron chi connectivity index (χ3n) is 1.63. The van der Waals surface area contributed by atoms with Crippen molar-refractivity contribution in [2.45, 2.75) is 52.9 Å². The van der Waals surface area contributed by atoms with Crippen LogP contribution < -0.4 is 0 Å². The van der Waals surface area contributed by atoms with E-state index in [-0.39, 0.29) is 18.3 Å². The molecule has 0 amide bonds. The molecule has 0 bridgehead atoms. The van der Waals surface area contributed by atoms with Gasteiger partial charge in [-0.15, -0.1) is 0 Å². The van der Waals surface area contributed by atoms with Gasteiger partial charge in [0, 0.05) is 6.61 Å². The summed E-state index contributed by atoms with van der Waals surface area (Å²) in [5.41, 5.74) is 0. The summed E-state index contributed by atoms with van der Waals surface area (Å²) in [4.78, 5) is 0. The first kappa shape index (κ1) is 13.9. The highest BCUT2D eigenvalue weighted by atomic mass is 16.6.